The molecular formula is C29H30N8O2. The van der Waals surface area contributed by atoms with E-state index in [1.165, 1.54) is 5.56 Å². The minimum absolute atomic E-state index is 0.0668. The van der Waals surface area contributed by atoms with Gasteiger partial charge in [0.2, 0.25) is 5.91 Å². The van der Waals surface area contributed by atoms with Crippen molar-refractivity contribution in [1.82, 2.24) is 34.9 Å². The molecule has 6 rings (SSSR count). The number of benzene rings is 2. The normalized spacial score (nSPS) is 15.9. The van der Waals surface area contributed by atoms with E-state index < -0.39 is 0 Å². The molecule has 0 spiro atoms. The Kier molecular flexibility index (Phi) is 7.11. The van der Waals surface area contributed by atoms with Crippen molar-refractivity contribution in [3.8, 4) is 22.8 Å². The lowest BCUT2D eigenvalue weighted by Crippen LogP contribution is -2.48. The zero-order valence-electron chi connectivity index (χ0n) is 21.6. The van der Waals surface area contributed by atoms with E-state index in [0.717, 1.165) is 38.3 Å². The van der Waals surface area contributed by atoms with Gasteiger partial charge in [-0.3, -0.25) is 24.1 Å². The highest BCUT2D eigenvalue weighted by atomic mass is 16.2. The first-order chi connectivity index (χ1) is 19.1. The second-order valence-electron chi connectivity index (χ2n) is 9.79. The van der Waals surface area contributed by atoms with Gasteiger partial charge in [-0.2, -0.15) is 5.10 Å². The number of fused-ring (bicyclic) bond motifs is 1. The first kappa shape index (κ1) is 24.9. The highest BCUT2D eigenvalue weighted by Crippen LogP contribution is 2.27. The topological polar surface area (TPSA) is 108 Å². The van der Waals surface area contributed by atoms with E-state index in [-0.39, 0.29) is 11.8 Å². The smallest absolute Gasteiger partial charge is 0.269 e. The summed E-state index contributed by atoms with van der Waals surface area (Å²) in [5, 5.41) is 10.5. The minimum Gasteiger partial charge on any atom is -0.349 e. The standard InChI is InChI=1S/C29H30N8O2/c38-27(20-36-16-14-35(15-17-36)19-21-6-2-1-3-7-21)32-23-9-5-4-8-22(23)28-30-11-10-24(33-28)25-18-26-29(39)31-12-13-37(26)34-25/h1-11,18H,12-17,19-20H2,(H,31,39)(H,32,38). The van der Waals surface area contributed by atoms with Gasteiger partial charge in [-0.15, -0.1) is 0 Å². The SMILES string of the molecule is O=C(CN1CCN(Cc2ccccc2)CC1)Nc1ccccc1-c1nccc(-c2cc3n(n2)CCNC3=O)n1. The summed E-state index contributed by atoms with van der Waals surface area (Å²) in [6, 6.07) is 21.5. The van der Waals surface area contributed by atoms with Crippen LogP contribution in [-0.4, -0.2) is 80.6 Å². The molecule has 4 heterocycles. The quantitative estimate of drug-likeness (QED) is 0.384. The van der Waals surface area contributed by atoms with Crippen LogP contribution < -0.4 is 10.6 Å². The summed E-state index contributed by atoms with van der Waals surface area (Å²) in [7, 11) is 0. The van der Waals surface area contributed by atoms with Crippen LogP contribution in [0.3, 0.4) is 0 Å². The molecule has 2 aromatic carbocycles. The van der Waals surface area contributed by atoms with E-state index in [9.17, 15) is 9.59 Å². The summed E-state index contributed by atoms with van der Waals surface area (Å²) >= 11 is 0. The third-order valence-electron chi connectivity index (χ3n) is 7.06. The summed E-state index contributed by atoms with van der Waals surface area (Å²) in [6.07, 6.45) is 1.67. The molecule has 2 aromatic heterocycles. The fourth-order valence-electron chi connectivity index (χ4n) is 5.02. The molecular weight excluding hydrogens is 492 g/mol. The van der Waals surface area contributed by atoms with Crippen LogP contribution in [0.5, 0.6) is 0 Å². The lowest BCUT2D eigenvalue weighted by molar-refractivity contribution is -0.117. The van der Waals surface area contributed by atoms with E-state index >= 15 is 0 Å². The molecule has 2 aliphatic rings. The number of nitrogens with one attached hydrogen (secondary N) is 2. The Morgan fingerprint density at radius 3 is 2.49 bits per heavy atom. The number of hydrogen-bond donors (Lipinski definition) is 2. The van der Waals surface area contributed by atoms with E-state index in [0.29, 0.717) is 48.2 Å². The first-order valence-corrected chi connectivity index (χ1v) is 13.2. The molecule has 198 valence electrons. The van der Waals surface area contributed by atoms with Crippen LogP contribution in [-0.2, 0) is 17.9 Å². The highest BCUT2D eigenvalue weighted by Gasteiger charge is 2.22. The lowest BCUT2D eigenvalue weighted by Gasteiger charge is -2.34. The van der Waals surface area contributed by atoms with Crippen LogP contribution in [0.4, 0.5) is 5.69 Å². The zero-order valence-corrected chi connectivity index (χ0v) is 21.6. The minimum atomic E-state index is -0.139. The molecule has 39 heavy (non-hydrogen) atoms. The molecule has 0 saturated carbocycles. The van der Waals surface area contributed by atoms with Gasteiger partial charge in [0.1, 0.15) is 11.4 Å². The van der Waals surface area contributed by atoms with Gasteiger partial charge in [0, 0.05) is 51.0 Å². The van der Waals surface area contributed by atoms with E-state index in [4.69, 9.17) is 4.98 Å². The van der Waals surface area contributed by atoms with Gasteiger partial charge in [0.15, 0.2) is 5.82 Å². The van der Waals surface area contributed by atoms with Gasteiger partial charge >= 0.3 is 0 Å². The predicted molar refractivity (Wildman–Crippen MR) is 148 cm³/mol. The number of nitrogens with zero attached hydrogens (tertiary/aromatic N) is 6. The van der Waals surface area contributed by atoms with Gasteiger partial charge in [-0.1, -0.05) is 42.5 Å². The first-order valence-electron chi connectivity index (χ1n) is 13.2. The maximum Gasteiger partial charge on any atom is 0.269 e. The Labute approximate surface area is 226 Å². The maximum absolute atomic E-state index is 13.0. The number of para-hydroxylation sites is 1. The summed E-state index contributed by atoms with van der Waals surface area (Å²) < 4.78 is 1.70. The van der Waals surface area contributed by atoms with Crippen LogP contribution in [0.15, 0.2) is 72.9 Å². The Balaban J connectivity index is 1.11. The van der Waals surface area contributed by atoms with Crippen molar-refractivity contribution < 1.29 is 9.59 Å². The molecule has 0 aliphatic carbocycles. The number of hydrogen-bond acceptors (Lipinski definition) is 7. The molecule has 1 saturated heterocycles. The van der Waals surface area contributed by atoms with Gasteiger partial charge in [0.05, 0.1) is 24.5 Å². The number of anilines is 1. The number of carbonyl (C=O) groups excluding carboxylic acids is 2. The lowest BCUT2D eigenvalue weighted by atomic mass is 10.1. The number of carbonyl (C=O) groups is 2. The molecule has 1 fully saturated rings. The van der Waals surface area contributed by atoms with Crippen molar-refractivity contribution in [2.75, 3.05) is 44.6 Å². The molecule has 4 aromatic rings. The summed E-state index contributed by atoms with van der Waals surface area (Å²) in [6.45, 7) is 5.99. The molecule has 0 unspecified atom stereocenters. The third-order valence-corrected chi connectivity index (χ3v) is 7.06. The molecule has 0 radical (unpaired) electrons. The van der Waals surface area contributed by atoms with Crippen molar-refractivity contribution in [1.29, 1.82) is 0 Å². The van der Waals surface area contributed by atoms with Gasteiger partial charge < -0.3 is 10.6 Å². The van der Waals surface area contributed by atoms with Gasteiger partial charge in [-0.05, 0) is 29.8 Å². The molecule has 0 atom stereocenters. The summed E-state index contributed by atoms with van der Waals surface area (Å²) in [5.74, 6) is 0.274. The van der Waals surface area contributed by atoms with Gasteiger partial charge in [0.25, 0.3) is 5.91 Å². The Morgan fingerprint density at radius 1 is 0.897 bits per heavy atom. The van der Waals surface area contributed by atoms with Crippen LogP contribution in [0.2, 0.25) is 0 Å². The van der Waals surface area contributed by atoms with E-state index in [1.54, 1.807) is 23.0 Å². The number of piperazine rings is 1. The van der Waals surface area contributed by atoms with Crippen LogP contribution in [0, 0.1) is 0 Å². The van der Waals surface area contributed by atoms with Crippen molar-refractivity contribution in [2.24, 2.45) is 0 Å². The van der Waals surface area contributed by atoms with E-state index in [2.05, 4.69) is 54.8 Å². The van der Waals surface area contributed by atoms with Crippen LogP contribution >= 0.6 is 0 Å². The second kappa shape index (κ2) is 11.1. The van der Waals surface area contributed by atoms with Crippen molar-refractivity contribution in [2.45, 2.75) is 13.1 Å². The van der Waals surface area contributed by atoms with Crippen molar-refractivity contribution in [3.63, 3.8) is 0 Å². The summed E-state index contributed by atoms with van der Waals surface area (Å²) in [4.78, 5) is 39.0. The third kappa shape index (κ3) is 5.71. The Morgan fingerprint density at radius 2 is 1.67 bits per heavy atom. The average molecular weight is 523 g/mol. The Bertz CT molecular complexity index is 1480. The fourth-order valence-corrected chi connectivity index (χ4v) is 5.02. The molecule has 2 N–H and O–H groups in total. The molecule has 0 bridgehead atoms. The fraction of sp³-hybridized carbons (Fsp3) is 0.276. The molecule has 2 aliphatic heterocycles. The number of aromatic nitrogens is 4. The molecule has 2 amide bonds. The average Bonchev–Trinajstić information content (AvgIpc) is 3.41. The van der Waals surface area contributed by atoms with Gasteiger partial charge in [-0.25, -0.2) is 9.97 Å². The molecule has 10 nitrogen and oxygen atoms in total. The largest absolute Gasteiger partial charge is 0.349 e. The number of rotatable bonds is 7. The number of amides is 2. The maximum atomic E-state index is 13.0. The summed E-state index contributed by atoms with van der Waals surface area (Å²) in [5.41, 5.74) is 4.44. The Hall–Kier alpha value is -4.41. The zero-order chi connectivity index (χ0) is 26.6. The van der Waals surface area contributed by atoms with Crippen molar-refractivity contribution in [3.05, 3.63) is 84.2 Å². The molecule has 10 heteroatoms. The predicted octanol–water partition coefficient (Wildman–Crippen LogP) is 2.51. The van der Waals surface area contributed by atoms with E-state index in [1.807, 2.05) is 30.3 Å². The van der Waals surface area contributed by atoms with Crippen LogP contribution in [0.1, 0.15) is 16.1 Å². The monoisotopic (exact) mass is 522 g/mol. The highest BCUT2D eigenvalue weighted by molar-refractivity contribution is 5.96. The van der Waals surface area contributed by atoms with Crippen molar-refractivity contribution >= 4 is 17.5 Å². The second-order valence-corrected chi connectivity index (χ2v) is 9.79. The van der Waals surface area contributed by atoms with Crippen LogP contribution in [0.25, 0.3) is 22.8 Å².